The maximum Gasteiger partial charge on any atom is 0.264 e. The molecule has 0 aliphatic carbocycles. The third kappa shape index (κ3) is 2.54. The summed E-state index contributed by atoms with van der Waals surface area (Å²) in [6.45, 7) is 3.33. The predicted molar refractivity (Wildman–Crippen MR) is 76.7 cm³/mol. The van der Waals surface area contributed by atoms with Crippen molar-refractivity contribution in [2.24, 2.45) is 0 Å². The molecule has 0 amide bonds. The van der Waals surface area contributed by atoms with Crippen LogP contribution in [0.4, 0.5) is 5.82 Å². The summed E-state index contributed by atoms with van der Waals surface area (Å²) in [5.41, 5.74) is 7.20. The van der Waals surface area contributed by atoms with Crippen LogP contribution in [0.15, 0.2) is 10.9 Å². The molecule has 2 rings (SSSR count). The molecule has 2 aromatic heterocycles. The van der Waals surface area contributed by atoms with Crippen LogP contribution in [0.2, 0.25) is 0 Å². The van der Waals surface area contributed by atoms with Crippen molar-refractivity contribution in [1.29, 1.82) is 0 Å². The van der Waals surface area contributed by atoms with E-state index in [-0.39, 0.29) is 18.0 Å². The second kappa shape index (κ2) is 6.06. The topological polar surface area (TPSA) is 95.3 Å². The first-order valence-electron chi connectivity index (χ1n) is 6.56. The summed E-state index contributed by atoms with van der Waals surface area (Å²) in [5.74, 6) is 0.207. The van der Waals surface area contributed by atoms with Crippen LogP contribution in [0, 0.1) is 6.92 Å². The third-order valence-corrected chi connectivity index (χ3v) is 3.29. The summed E-state index contributed by atoms with van der Waals surface area (Å²) < 4.78 is 8.26. The smallest absolute Gasteiger partial charge is 0.264 e. The van der Waals surface area contributed by atoms with Gasteiger partial charge in [-0.2, -0.15) is 5.10 Å². The Balaban J connectivity index is 2.52. The van der Waals surface area contributed by atoms with Gasteiger partial charge in [0.15, 0.2) is 5.82 Å². The van der Waals surface area contributed by atoms with Crippen molar-refractivity contribution in [1.82, 2.24) is 14.3 Å². The summed E-state index contributed by atoms with van der Waals surface area (Å²) >= 11 is 0. The van der Waals surface area contributed by atoms with E-state index in [1.807, 2.05) is 13.0 Å². The molecule has 2 aromatic rings. The maximum atomic E-state index is 12.5. The molecule has 0 atom stereocenters. The van der Waals surface area contributed by atoms with Gasteiger partial charge >= 0.3 is 0 Å². The lowest BCUT2D eigenvalue weighted by Crippen LogP contribution is -2.23. The summed E-state index contributed by atoms with van der Waals surface area (Å²) in [7, 11) is 1.63. The lowest BCUT2D eigenvalue weighted by molar-refractivity contribution is 0.190. The SMILES string of the molecule is COCCCn1c(C)cc2c(c(N)nn2CCO)c1=O. The summed E-state index contributed by atoms with van der Waals surface area (Å²) in [6.07, 6.45) is 0.757. The molecule has 0 saturated heterocycles. The Kier molecular flexibility index (Phi) is 4.41. The van der Waals surface area contributed by atoms with Gasteiger partial charge < -0.3 is 20.1 Å². The standard InChI is InChI=1S/C13H20N4O3/c1-9-8-10-11(12(14)15-17(10)5-6-18)13(19)16(9)4-3-7-20-2/h8,18H,3-7H2,1-2H3,(H2,14,15). The molecule has 20 heavy (non-hydrogen) atoms. The quantitative estimate of drug-likeness (QED) is 0.733. The highest BCUT2D eigenvalue weighted by Crippen LogP contribution is 2.18. The first-order valence-corrected chi connectivity index (χ1v) is 6.56. The highest BCUT2D eigenvalue weighted by molar-refractivity contribution is 5.88. The molecular formula is C13H20N4O3. The molecule has 0 aliphatic heterocycles. The summed E-state index contributed by atoms with van der Waals surface area (Å²) in [6, 6.07) is 1.88. The number of aliphatic hydroxyl groups excluding tert-OH is 1. The zero-order valence-corrected chi connectivity index (χ0v) is 11.8. The number of aromatic nitrogens is 3. The Labute approximate surface area is 116 Å². The number of nitrogens with zero attached hydrogens (tertiary/aromatic N) is 3. The van der Waals surface area contributed by atoms with E-state index < -0.39 is 0 Å². The van der Waals surface area contributed by atoms with Gasteiger partial charge in [0.05, 0.1) is 18.7 Å². The van der Waals surface area contributed by atoms with Crippen LogP contribution in [-0.2, 0) is 17.8 Å². The number of methoxy groups -OCH3 is 1. The van der Waals surface area contributed by atoms with Gasteiger partial charge in [0.25, 0.3) is 5.56 Å². The second-order valence-corrected chi connectivity index (χ2v) is 4.68. The lowest BCUT2D eigenvalue weighted by atomic mass is 10.2. The Morgan fingerprint density at radius 1 is 1.45 bits per heavy atom. The van der Waals surface area contributed by atoms with Gasteiger partial charge in [0, 0.05) is 26.0 Å². The first kappa shape index (κ1) is 14.5. The molecule has 2 heterocycles. The number of rotatable bonds is 6. The molecule has 3 N–H and O–H groups in total. The molecule has 0 aromatic carbocycles. The fourth-order valence-electron chi connectivity index (χ4n) is 2.34. The van der Waals surface area contributed by atoms with Crippen molar-refractivity contribution < 1.29 is 9.84 Å². The lowest BCUT2D eigenvalue weighted by Gasteiger charge is -2.10. The minimum atomic E-state index is -0.141. The van der Waals surface area contributed by atoms with Crippen LogP contribution < -0.4 is 11.3 Å². The largest absolute Gasteiger partial charge is 0.394 e. The van der Waals surface area contributed by atoms with Crippen molar-refractivity contribution in [3.05, 3.63) is 22.1 Å². The van der Waals surface area contributed by atoms with Crippen LogP contribution in [-0.4, -0.2) is 39.8 Å². The average molecular weight is 280 g/mol. The van der Waals surface area contributed by atoms with Gasteiger partial charge in [0.2, 0.25) is 0 Å². The van der Waals surface area contributed by atoms with E-state index in [1.165, 1.54) is 0 Å². The molecule has 110 valence electrons. The minimum absolute atomic E-state index is 0.0494. The van der Waals surface area contributed by atoms with Crippen molar-refractivity contribution in [3.8, 4) is 0 Å². The van der Waals surface area contributed by atoms with E-state index in [1.54, 1.807) is 16.4 Å². The van der Waals surface area contributed by atoms with E-state index in [2.05, 4.69) is 5.10 Å². The molecule has 0 fully saturated rings. The van der Waals surface area contributed by atoms with Gasteiger partial charge in [-0.1, -0.05) is 0 Å². The van der Waals surface area contributed by atoms with E-state index >= 15 is 0 Å². The normalized spacial score (nSPS) is 11.3. The van der Waals surface area contributed by atoms with Crippen molar-refractivity contribution in [2.45, 2.75) is 26.4 Å². The molecule has 0 saturated carbocycles. The number of aryl methyl sites for hydroxylation is 1. The number of hydrogen-bond donors (Lipinski definition) is 2. The Hall–Kier alpha value is -1.86. The molecule has 7 heteroatoms. The fourth-order valence-corrected chi connectivity index (χ4v) is 2.34. The third-order valence-electron chi connectivity index (χ3n) is 3.29. The number of nitrogens with two attached hydrogens (primary N) is 1. The van der Waals surface area contributed by atoms with Gasteiger partial charge in [-0.25, -0.2) is 0 Å². The Morgan fingerprint density at radius 2 is 2.20 bits per heavy atom. The number of ether oxygens (including phenoxy) is 1. The zero-order valence-electron chi connectivity index (χ0n) is 11.8. The number of anilines is 1. The van der Waals surface area contributed by atoms with E-state index in [4.69, 9.17) is 15.6 Å². The van der Waals surface area contributed by atoms with E-state index in [0.717, 1.165) is 12.1 Å². The second-order valence-electron chi connectivity index (χ2n) is 4.68. The molecule has 0 bridgehead atoms. The summed E-state index contributed by atoms with van der Waals surface area (Å²) in [5, 5.41) is 13.6. The monoisotopic (exact) mass is 280 g/mol. The zero-order chi connectivity index (χ0) is 14.7. The summed E-state index contributed by atoms with van der Waals surface area (Å²) in [4.78, 5) is 12.5. The van der Waals surface area contributed by atoms with Crippen molar-refractivity contribution in [3.63, 3.8) is 0 Å². The maximum absolute atomic E-state index is 12.5. The Bertz CT molecular complexity index is 660. The van der Waals surface area contributed by atoms with Gasteiger partial charge in [-0.3, -0.25) is 9.48 Å². The molecule has 7 nitrogen and oxygen atoms in total. The van der Waals surface area contributed by atoms with Crippen LogP contribution in [0.5, 0.6) is 0 Å². The van der Waals surface area contributed by atoms with Gasteiger partial charge in [0.1, 0.15) is 5.39 Å². The number of aliphatic hydroxyl groups is 1. The Morgan fingerprint density at radius 3 is 2.85 bits per heavy atom. The van der Waals surface area contributed by atoms with Gasteiger partial charge in [-0.05, 0) is 19.4 Å². The number of hydrogen-bond acceptors (Lipinski definition) is 5. The predicted octanol–water partition coefficient (Wildman–Crippen LogP) is 0.117. The van der Waals surface area contributed by atoms with Gasteiger partial charge in [-0.15, -0.1) is 0 Å². The highest BCUT2D eigenvalue weighted by Gasteiger charge is 2.15. The number of fused-ring (bicyclic) bond motifs is 1. The van der Waals surface area contributed by atoms with E-state index in [0.29, 0.717) is 30.6 Å². The van der Waals surface area contributed by atoms with Crippen molar-refractivity contribution in [2.75, 3.05) is 26.1 Å². The number of nitrogen functional groups attached to an aromatic ring is 1. The number of pyridine rings is 1. The molecule has 0 spiro atoms. The average Bonchev–Trinajstić information content (AvgIpc) is 2.70. The fraction of sp³-hybridized carbons (Fsp3) is 0.538. The van der Waals surface area contributed by atoms with Crippen LogP contribution in [0.25, 0.3) is 10.9 Å². The van der Waals surface area contributed by atoms with E-state index in [9.17, 15) is 4.79 Å². The minimum Gasteiger partial charge on any atom is -0.394 e. The van der Waals surface area contributed by atoms with Crippen LogP contribution >= 0.6 is 0 Å². The van der Waals surface area contributed by atoms with Crippen molar-refractivity contribution >= 4 is 16.7 Å². The highest BCUT2D eigenvalue weighted by atomic mass is 16.5. The first-order chi connectivity index (χ1) is 9.60. The molecule has 0 radical (unpaired) electrons. The molecule has 0 aliphatic rings. The van der Waals surface area contributed by atoms with Crippen LogP contribution in [0.3, 0.4) is 0 Å². The van der Waals surface area contributed by atoms with Crippen LogP contribution in [0.1, 0.15) is 12.1 Å². The molecular weight excluding hydrogens is 260 g/mol. The molecule has 0 unspecified atom stereocenters.